The molecule has 0 atom stereocenters. The first kappa shape index (κ1) is 15.4. The summed E-state index contributed by atoms with van der Waals surface area (Å²) in [6, 6.07) is 0. The maximum absolute atomic E-state index is 11.8. The van der Waals surface area contributed by atoms with Gasteiger partial charge in [-0.05, 0) is 13.8 Å². The van der Waals surface area contributed by atoms with Crippen LogP contribution in [0.5, 0.6) is 0 Å². The zero-order valence-electron chi connectivity index (χ0n) is 11.2. The van der Waals surface area contributed by atoms with E-state index in [4.69, 9.17) is 11.1 Å². The van der Waals surface area contributed by atoms with E-state index in [2.05, 4.69) is 4.72 Å². The third-order valence-corrected chi connectivity index (χ3v) is 5.05. The van der Waals surface area contributed by atoms with E-state index in [9.17, 15) is 8.42 Å². The zero-order valence-corrected chi connectivity index (χ0v) is 12.0. The van der Waals surface area contributed by atoms with Gasteiger partial charge in [0.25, 0.3) is 10.2 Å². The average Bonchev–Trinajstić information content (AvgIpc) is 2.29. The number of nitrogens with two attached hydrogens (primary N) is 1. The van der Waals surface area contributed by atoms with E-state index >= 15 is 0 Å². The molecule has 1 aliphatic heterocycles. The number of rotatable bonds is 5. The van der Waals surface area contributed by atoms with Crippen LogP contribution in [0.15, 0.2) is 0 Å². The normalized spacial score (nSPS) is 19.9. The molecule has 1 heterocycles. The topological polar surface area (TPSA) is 103 Å². The first-order chi connectivity index (χ1) is 8.21. The van der Waals surface area contributed by atoms with Crippen LogP contribution in [0, 0.1) is 5.41 Å². The van der Waals surface area contributed by atoms with E-state index in [0.717, 1.165) is 0 Å². The summed E-state index contributed by atoms with van der Waals surface area (Å²) in [6.45, 7) is 7.91. The van der Waals surface area contributed by atoms with E-state index in [1.54, 1.807) is 6.92 Å². The molecule has 0 radical (unpaired) electrons. The summed E-state index contributed by atoms with van der Waals surface area (Å²) in [5.41, 5.74) is 5.05. The summed E-state index contributed by atoms with van der Waals surface area (Å²) in [7, 11) is -3.35. The van der Waals surface area contributed by atoms with Crippen LogP contribution in [-0.2, 0) is 10.2 Å². The Morgan fingerprint density at radius 1 is 1.33 bits per heavy atom. The van der Waals surface area contributed by atoms with E-state index in [0.29, 0.717) is 32.7 Å². The maximum atomic E-state index is 11.8. The summed E-state index contributed by atoms with van der Waals surface area (Å²) in [6.07, 6.45) is 0. The molecule has 0 bridgehead atoms. The SMILES string of the molecule is CCNS(=O)(=O)N1CCN(C(C)(C)C(=N)N)CC1. The van der Waals surface area contributed by atoms with Crippen molar-refractivity contribution in [3.8, 4) is 0 Å². The molecule has 1 saturated heterocycles. The Morgan fingerprint density at radius 2 is 1.83 bits per heavy atom. The number of piperazine rings is 1. The molecule has 1 fully saturated rings. The molecule has 1 aliphatic rings. The second-order valence-electron chi connectivity index (χ2n) is 4.86. The summed E-state index contributed by atoms with van der Waals surface area (Å²) < 4.78 is 27.5. The Hall–Kier alpha value is -0.700. The standard InChI is InChI=1S/C10H23N5O2S/c1-4-13-18(16,17)15-7-5-14(6-8-15)10(2,3)9(11)12/h13H,4-8H2,1-3H3,(H3,11,12). The van der Waals surface area contributed by atoms with Gasteiger partial charge >= 0.3 is 0 Å². The highest BCUT2D eigenvalue weighted by Crippen LogP contribution is 2.17. The fraction of sp³-hybridized carbons (Fsp3) is 0.900. The van der Waals surface area contributed by atoms with Gasteiger partial charge in [0, 0.05) is 32.7 Å². The summed E-state index contributed by atoms with van der Waals surface area (Å²) in [5, 5.41) is 7.56. The highest BCUT2D eigenvalue weighted by atomic mass is 32.2. The van der Waals surface area contributed by atoms with Crippen LogP contribution in [-0.4, -0.2) is 61.7 Å². The van der Waals surface area contributed by atoms with Crippen LogP contribution in [0.2, 0.25) is 0 Å². The van der Waals surface area contributed by atoms with Crippen LogP contribution in [0.25, 0.3) is 0 Å². The molecule has 0 amide bonds. The highest BCUT2D eigenvalue weighted by molar-refractivity contribution is 7.87. The number of amidine groups is 1. The molecule has 18 heavy (non-hydrogen) atoms. The maximum Gasteiger partial charge on any atom is 0.279 e. The number of nitrogens with one attached hydrogen (secondary N) is 2. The fourth-order valence-electron chi connectivity index (χ4n) is 1.93. The predicted octanol–water partition coefficient (Wildman–Crippen LogP) is -0.827. The summed E-state index contributed by atoms with van der Waals surface area (Å²) in [4.78, 5) is 2.04. The van der Waals surface area contributed by atoms with Crippen molar-refractivity contribution < 1.29 is 8.42 Å². The monoisotopic (exact) mass is 277 g/mol. The molecule has 0 aromatic heterocycles. The molecule has 0 aromatic rings. The van der Waals surface area contributed by atoms with Crippen molar-refractivity contribution in [2.45, 2.75) is 26.3 Å². The van der Waals surface area contributed by atoms with Gasteiger partial charge in [-0.2, -0.15) is 12.7 Å². The Labute approximate surface area is 109 Å². The molecule has 0 saturated carbocycles. The van der Waals surface area contributed by atoms with Gasteiger partial charge in [-0.15, -0.1) is 0 Å². The van der Waals surface area contributed by atoms with Gasteiger partial charge in [0.2, 0.25) is 0 Å². The fourth-order valence-corrected chi connectivity index (χ4v) is 3.12. The lowest BCUT2D eigenvalue weighted by Crippen LogP contribution is -2.61. The lowest BCUT2D eigenvalue weighted by Gasteiger charge is -2.42. The highest BCUT2D eigenvalue weighted by Gasteiger charge is 2.35. The van der Waals surface area contributed by atoms with Crippen molar-refractivity contribution in [3.63, 3.8) is 0 Å². The first-order valence-electron chi connectivity index (χ1n) is 6.06. The second-order valence-corrected chi connectivity index (χ2v) is 6.62. The molecule has 8 heteroatoms. The molecular formula is C10H23N5O2S. The van der Waals surface area contributed by atoms with Crippen LogP contribution in [0.3, 0.4) is 0 Å². The van der Waals surface area contributed by atoms with E-state index in [-0.39, 0.29) is 5.84 Å². The minimum atomic E-state index is -3.35. The van der Waals surface area contributed by atoms with Crippen molar-refractivity contribution in [3.05, 3.63) is 0 Å². The molecule has 0 unspecified atom stereocenters. The Morgan fingerprint density at radius 3 is 2.22 bits per heavy atom. The first-order valence-corrected chi connectivity index (χ1v) is 7.50. The summed E-state index contributed by atoms with van der Waals surface area (Å²) >= 11 is 0. The van der Waals surface area contributed by atoms with Crippen molar-refractivity contribution in [1.29, 1.82) is 5.41 Å². The number of nitrogens with zero attached hydrogens (tertiary/aromatic N) is 2. The number of hydrogen-bond donors (Lipinski definition) is 3. The van der Waals surface area contributed by atoms with Gasteiger partial charge in [0.05, 0.1) is 5.54 Å². The molecule has 0 spiro atoms. The van der Waals surface area contributed by atoms with E-state index in [1.807, 2.05) is 18.7 Å². The van der Waals surface area contributed by atoms with Crippen LogP contribution in [0.1, 0.15) is 20.8 Å². The molecule has 7 nitrogen and oxygen atoms in total. The molecular weight excluding hydrogens is 254 g/mol. The van der Waals surface area contributed by atoms with Gasteiger partial charge in [-0.3, -0.25) is 10.3 Å². The molecule has 0 aliphatic carbocycles. The number of hydrogen-bond acceptors (Lipinski definition) is 4. The van der Waals surface area contributed by atoms with E-state index < -0.39 is 15.7 Å². The van der Waals surface area contributed by atoms with Crippen LogP contribution < -0.4 is 10.5 Å². The van der Waals surface area contributed by atoms with Crippen LogP contribution in [0.4, 0.5) is 0 Å². The third kappa shape index (κ3) is 3.19. The summed E-state index contributed by atoms with van der Waals surface area (Å²) in [5.74, 6) is 0.102. The van der Waals surface area contributed by atoms with Gasteiger partial charge in [0.15, 0.2) is 0 Å². The Kier molecular flexibility index (Phi) is 4.71. The molecule has 1 rings (SSSR count). The Balaban J connectivity index is 2.65. The van der Waals surface area contributed by atoms with Crippen molar-refractivity contribution in [2.24, 2.45) is 5.73 Å². The minimum Gasteiger partial charge on any atom is -0.386 e. The van der Waals surface area contributed by atoms with Gasteiger partial charge in [0.1, 0.15) is 5.84 Å². The smallest absolute Gasteiger partial charge is 0.279 e. The molecule has 0 aromatic carbocycles. The minimum absolute atomic E-state index is 0.102. The molecule has 106 valence electrons. The lowest BCUT2D eigenvalue weighted by atomic mass is 10.0. The van der Waals surface area contributed by atoms with Gasteiger partial charge in [-0.1, -0.05) is 6.92 Å². The third-order valence-electron chi connectivity index (χ3n) is 3.35. The molecule has 4 N–H and O–H groups in total. The largest absolute Gasteiger partial charge is 0.386 e. The van der Waals surface area contributed by atoms with Crippen LogP contribution >= 0.6 is 0 Å². The van der Waals surface area contributed by atoms with Gasteiger partial charge < -0.3 is 5.73 Å². The van der Waals surface area contributed by atoms with Crippen molar-refractivity contribution in [1.82, 2.24) is 13.9 Å². The lowest BCUT2D eigenvalue weighted by molar-refractivity contribution is 0.121. The average molecular weight is 277 g/mol. The zero-order chi connectivity index (χ0) is 14.0. The Bertz CT molecular complexity index is 398. The quantitative estimate of drug-likeness (QED) is 0.451. The van der Waals surface area contributed by atoms with Crippen molar-refractivity contribution in [2.75, 3.05) is 32.7 Å². The predicted molar refractivity (Wildman–Crippen MR) is 71.7 cm³/mol. The second kappa shape index (κ2) is 5.52. The van der Waals surface area contributed by atoms with Crippen molar-refractivity contribution >= 4 is 16.0 Å². The van der Waals surface area contributed by atoms with E-state index in [1.165, 1.54) is 4.31 Å². The van der Waals surface area contributed by atoms with Gasteiger partial charge in [-0.25, -0.2) is 4.72 Å².